The van der Waals surface area contributed by atoms with Gasteiger partial charge in [0.1, 0.15) is 46.3 Å². The monoisotopic (exact) mass is 1550 g/mol. The average molecular weight is 1550 g/mol. The molecule has 0 saturated heterocycles. The third kappa shape index (κ3) is 121. The van der Waals surface area contributed by atoms with Crippen LogP contribution in [-0.4, -0.2) is 59.5 Å². The van der Waals surface area contributed by atoms with Crippen LogP contribution >= 0.6 is 0 Å². The normalized spacial score (nSPS) is 12.2. The Morgan fingerprint density at radius 3 is 0.780 bits per heavy atom. The van der Waals surface area contributed by atoms with Gasteiger partial charge in [-0.3, -0.25) is 38.4 Å². The lowest BCUT2D eigenvalue weighted by Crippen LogP contribution is -2.25. The maximum absolute atomic E-state index is 11.7. The maximum Gasteiger partial charge on any atom is 0.138 e. The number of hydrogen-bond acceptors (Lipinski definition) is 9. The molecule has 0 rings (SSSR count). The van der Waals surface area contributed by atoms with Crippen LogP contribution < -0.4 is 0 Å². The minimum Gasteiger partial charge on any atom is -0.381 e. The van der Waals surface area contributed by atoms with Crippen LogP contribution in [0.5, 0.6) is 0 Å². The first kappa shape index (κ1) is 122. The maximum atomic E-state index is 11.7. The fourth-order valence-corrected chi connectivity index (χ4v) is 11.1. The van der Waals surface area contributed by atoms with Crippen molar-refractivity contribution in [3.05, 3.63) is 0 Å². The molecule has 0 spiro atoms. The Hall–Kier alpha value is -2.68. The van der Waals surface area contributed by atoms with Crippen LogP contribution in [0.25, 0.3) is 0 Å². The molecule has 0 bridgehead atoms. The molecule has 0 saturated carbocycles. The van der Waals surface area contributed by atoms with Gasteiger partial charge in [-0.05, 0) is 165 Å². The van der Waals surface area contributed by atoms with E-state index in [-0.39, 0.29) is 22.7 Å². The van der Waals surface area contributed by atoms with Crippen LogP contribution in [0.3, 0.4) is 0 Å². The fraction of sp³-hybridized carbons (Fsp3) is 0.920. The molecular formula is C100H200O9. The van der Waals surface area contributed by atoms with E-state index in [1.807, 2.05) is 20.8 Å². The fourth-order valence-electron chi connectivity index (χ4n) is 11.1. The lowest BCUT2D eigenvalue weighted by molar-refractivity contribution is -0.128. The minimum absolute atomic E-state index is 0.129. The summed E-state index contributed by atoms with van der Waals surface area (Å²) in [6, 6.07) is 0. The molecule has 0 unspecified atom stereocenters. The molecule has 2 atom stereocenters. The van der Waals surface area contributed by atoms with Gasteiger partial charge in [-0.15, -0.1) is 0 Å². The number of ether oxygens (including phenoxy) is 1. The van der Waals surface area contributed by atoms with Crippen LogP contribution in [0, 0.1) is 105 Å². The third-order valence-corrected chi connectivity index (χ3v) is 18.4. The van der Waals surface area contributed by atoms with Crippen molar-refractivity contribution in [1.82, 2.24) is 0 Å². The van der Waals surface area contributed by atoms with Gasteiger partial charge in [0.25, 0.3) is 0 Å². The predicted molar refractivity (Wildman–Crippen MR) is 482 cm³/mol. The van der Waals surface area contributed by atoms with E-state index in [2.05, 4.69) is 235 Å². The van der Waals surface area contributed by atoms with Gasteiger partial charge in [-0.25, -0.2) is 0 Å². The van der Waals surface area contributed by atoms with E-state index in [0.717, 1.165) is 189 Å². The van der Waals surface area contributed by atoms with Gasteiger partial charge in [-0.1, -0.05) is 320 Å². The number of carbonyl (C=O) groups is 8. The van der Waals surface area contributed by atoms with Crippen LogP contribution in [0.2, 0.25) is 0 Å². The largest absolute Gasteiger partial charge is 0.381 e. The highest BCUT2D eigenvalue weighted by Gasteiger charge is 2.26. The zero-order valence-electron chi connectivity index (χ0n) is 81.0. The molecule has 0 aliphatic carbocycles. The highest BCUT2D eigenvalue weighted by atomic mass is 16.5. The second-order valence-electron chi connectivity index (χ2n) is 41.9. The smallest absolute Gasteiger partial charge is 0.138 e. The van der Waals surface area contributed by atoms with Crippen molar-refractivity contribution < 1.29 is 43.1 Å². The van der Waals surface area contributed by atoms with Crippen molar-refractivity contribution in [2.24, 2.45) is 105 Å². The predicted octanol–water partition coefficient (Wildman–Crippen LogP) is 31.1. The van der Waals surface area contributed by atoms with Crippen molar-refractivity contribution in [1.29, 1.82) is 0 Å². The first-order valence-corrected chi connectivity index (χ1v) is 45.6. The Morgan fingerprint density at radius 2 is 0.505 bits per heavy atom. The quantitative estimate of drug-likeness (QED) is 0.0543. The van der Waals surface area contributed by atoms with Crippen LogP contribution in [0.1, 0.15) is 481 Å². The summed E-state index contributed by atoms with van der Waals surface area (Å²) < 4.78 is 5.45. The standard InChI is InChI=1S/3C14H28O.C13H26O2.2C12H24O.C11H22O.C10H20O/c2*1-11(2)7-6-8-14(15)13(5)10-9-12(3)4;1-12(2)11-13(15)9-7-6-8-10-14(3,4)5;1-11(2)7-9-15-8-5-6-13(14)10-12(3)4;1-10(2)6-5-7-12(13)9-8-11(3)4;1-10(2)7-5-6-8-12(13)9-11(3)4;1-9(2)6-5-7-11(12)8-10(3)4;1-9(2,3)7-8(11)10(4,5)6/h2*11-13H,6-10H2,1-5H3;12H,6-11H2,1-5H3;11-12H,5-10H2,1-4H3;2*10-11H,5-9H2,1-4H3;9-10H,5-8H2,1-4H3;7H2,1-6H3/t2*13-;;;;;;/m10....../s1. The van der Waals surface area contributed by atoms with Crippen molar-refractivity contribution in [2.45, 2.75) is 481 Å². The lowest BCUT2D eigenvalue weighted by atomic mass is 9.80. The second kappa shape index (κ2) is 76.6. The molecule has 9 nitrogen and oxygen atoms in total. The molecule has 0 aromatic carbocycles. The van der Waals surface area contributed by atoms with Gasteiger partial charge in [0.05, 0.1) is 0 Å². The first-order valence-electron chi connectivity index (χ1n) is 45.6. The van der Waals surface area contributed by atoms with Crippen LogP contribution in [0.4, 0.5) is 0 Å². The topological polar surface area (TPSA) is 146 Å². The molecule has 0 radical (unpaired) electrons. The Bertz CT molecular complexity index is 2070. The average Bonchev–Trinajstić information content (AvgIpc) is 0.887. The summed E-state index contributed by atoms with van der Waals surface area (Å²) in [5.41, 5.74) is 0.402. The number of unbranched alkanes of at least 4 members (excludes halogenated alkanes) is 3. The highest BCUT2D eigenvalue weighted by molar-refractivity contribution is 5.84. The van der Waals surface area contributed by atoms with Crippen molar-refractivity contribution in [2.75, 3.05) is 13.2 Å². The van der Waals surface area contributed by atoms with E-state index in [0.29, 0.717) is 106 Å². The van der Waals surface area contributed by atoms with Crippen LogP contribution in [-0.2, 0) is 43.1 Å². The second-order valence-corrected chi connectivity index (χ2v) is 41.9. The number of rotatable bonds is 53. The Balaban J connectivity index is -0.000000179. The van der Waals surface area contributed by atoms with E-state index in [1.54, 1.807) is 0 Å². The van der Waals surface area contributed by atoms with Gasteiger partial charge in [0.2, 0.25) is 0 Å². The Morgan fingerprint density at radius 1 is 0.229 bits per heavy atom. The van der Waals surface area contributed by atoms with Crippen molar-refractivity contribution in [3.63, 3.8) is 0 Å². The molecule has 0 amide bonds. The minimum atomic E-state index is -0.173. The number of Topliss-reactive ketones (excluding diaryl/α,β-unsaturated/α-hetero) is 8. The van der Waals surface area contributed by atoms with E-state index < -0.39 is 0 Å². The summed E-state index contributed by atoms with van der Waals surface area (Å²) in [4.78, 5) is 91.6. The Labute approximate surface area is 684 Å². The zero-order valence-corrected chi connectivity index (χ0v) is 81.0. The van der Waals surface area contributed by atoms with Gasteiger partial charge < -0.3 is 4.74 Å². The van der Waals surface area contributed by atoms with Crippen molar-refractivity contribution in [3.8, 4) is 0 Å². The molecule has 109 heavy (non-hydrogen) atoms. The molecular weight excluding hydrogens is 1350 g/mol. The summed E-state index contributed by atoms with van der Waals surface area (Å²) in [5, 5.41) is 0. The van der Waals surface area contributed by atoms with Crippen LogP contribution in [0.15, 0.2) is 0 Å². The first-order chi connectivity index (χ1) is 49.9. The molecule has 0 aliphatic heterocycles. The highest BCUT2D eigenvalue weighted by Crippen LogP contribution is 2.27. The molecule has 654 valence electrons. The molecule has 9 heteroatoms. The summed E-state index contributed by atoms with van der Waals surface area (Å²) in [5.74, 6) is 12.5. The van der Waals surface area contributed by atoms with E-state index in [4.69, 9.17) is 4.74 Å². The third-order valence-electron chi connectivity index (χ3n) is 18.4. The SMILES string of the molecule is CC(C)(C)CC(=O)C(C)(C)C.CC(C)CC(=O)CCCCCC(C)(C)C.CC(C)CCCC(=O)CC(C)C.CC(C)CCCC(=O)CCC(C)C.CC(C)CCCC(=O)[C@@H](C)CCC(C)C.CC(C)CCCC(=O)[C@H](C)CCC(C)C.CC(C)CCCCC(=O)CC(C)C.CC(C)CCOCCCC(=O)CC(C)C. The summed E-state index contributed by atoms with van der Waals surface area (Å²) in [6.45, 7) is 81.3. The molecule has 0 fully saturated rings. The zero-order chi connectivity index (χ0) is 86.6. The lowest BCUT2D eigenvalue weighted by Gasteiger charge is -2.23. The molecule has 0 heterocycles. The van der Waals surface area contributed by atoms with Gasteiger partial charge >= 0.3 is 0 Å². The number of ketones is 8. The van der Waals surface area contributed by atoms with E-state index in [9.17, 15) is 38.4 Å². The Kier molecular flexibility index (Phi) is 85.7. The summed E-state index contributed by atoms with van der Waals surface area (Å²) >= 11 is 0. The van der Waals surface area contributed by atoms with Gasteiger partial charge in [-0.2, -0.15) is 0 Å². The van der Waals surface area contributed by atoms with Gasteiger partial charge in [0, 0.05) is 114 Å². The van der Waals surface area contributed by atoms with Crippen molar-refractivity contribution >= 4 is 46.3 Å². The molecule has 0 N–H and O–H groups in total. The molecule has 0 aromatic heterocycles. The number of hydrogen-bond donors (Lipinski definition) is 0. The number of carbonyl (C=O) groups excluding carboxylic acids is 8. The molecule has 0 aromatic rings. The summed E-state index contributed by atoms with van der Waals surface area (Å²) in [7, 11) is 0. The molecule has 0 aliphatic rings. The van der Waals surface area contributed by atoms with E-state index in [1.165, 1.54) is 70.6 Å². The summed E-state index contributed by atoms with van der Waals surface area (Å²) in [6.07, 6.45) is 34.9. The van der Waals surface area contributed by atoms with Gasteiger partial charge in [0.15, 0.2) is 0 Å². The van der Waals surface area contributed by atoms with E-state index >= 15 is 0 Å².